The van der Waals surface area contributed by atoms with Gasteiger partial charge in [0.15, 0.2) is 0 Å². The molecule has 1 heterocycles. The van der Waals surface area contributed by atoms with Gasteiger partial charge in [-0.3, -0.25) is 4.79 Å². The summed E-state index contributed by atoms with van der Waals surface area (Å²) in [6.45, 7) is 4.20. The average molecular weight is 306 g/mol. The van der Waals surface area contributed by atoms with E-state index in [0.29, 0.717) is 34.5 Å². The lowest BCUT2D eigenvalue weighted by atomic mass is 9.85. The first-order valence-corrected chi connectivity index (χ1v) is 7.68. The summed E-state index contributed by atoms with van der Waals surface area (Å²) >= 11 is 5.88. The molecule has 5 heteroatoms. The second-order valence-corrected chi connectivity index (χ2v) is 6.05. The van der Waals surface area contributed by atoms with Crippen LogP contribution in [0.3, 0.4) is 0 Å². The van der Waals surface area contributed by atoms with E-state index in [1.807, 2.05) is 6.07 Å². The van der Waals surface area contributed by atoms with Crippen molar-refractivity contribution in [1.29, 1.82) is 5.26 Å². The van der Waals surface area contributed by atoms with Crippen LogP contribution in [0.25, 0.3) is 0 Å². The highest BCUT2D eigenvalue weighted by Gasteiger charge is 2.22. The van der Waals surface area contributed by atoms with Gasteiger partial charge in [-0.15, -0.1) is 0 Å². The van der Waals surface area contributed by atoms with Gasteiger partial charge in [0.2, 0.25) is 5.91 Å². The van der Waals surface area contributed by atoms with Crippen molar-refractivity contribution in [2.75, 3.05) is 18.4 Å². The molecule has 1 aromatic carbocycles. The number of hydrogen-bond acceptors (Lipinski definition) is 3. The third-order valence-electron chi connectivity index (χ3n) is 4.02. The minimum atomic E-state index is -0.0146. The zero-order valence-electron chi connectivity index (χ0n) is 12.2. The molecule has 2 N–H and O–H groups in total. The highest BCUT2D eigenvalue weighted by atomic mass is 35.5. The minimum absolute atomic E-state index is 0.0146. The van der Waals surface area contributed by atoms with Crippen LogP contribution in [0.1, 0.15) is 31.7 Å². The van der Waals surface area contributed by atoms with Crippen LogP contribution >= 0.6 is 11.6 Å². The van der Waals surface area contributed by atoms with Gasteiger partial charge in [-0.25, -0.2) is 0 Å². The van der Waals surface area contributed by atoms with E-state index in [1.165, 1.54) is 12.8 Å². The van der Waals surface area contributed by atoms with Crippen LogP contribution in [-0.4, -0.2) is 19.0 Å². The molecule has 0 bridgehead atoms. The normalized spacial score (nSPS) is 19.6. The topological polar surface area (TPSA) is 64.9 Å². The quantitative estimate of drug-likeness (QED) is 0.898. The van der Waals surface area contributed by atoms with Gasteiger partial charge in [0, 0.05) is 12.1 Å². The summed E-state index contributed by atoms with van der Waals surface area (Å²) in [6, 6.07) is 6.96. The molecule has 1 aliphatic rings. The predicted molar refractivity (Wildman–Crippen MR) is 84.2 cm³/mol. The summed E-state index contributed by atoms with van der Waals surface area (Å²) in [6.07, 6.45) is 2.86. The molecule has 2 atom stereocenters. The molecule has 0 aliphatic carbocycles. The Labute approximate surface area is 130 Å². The maximum absolute atomic E-state index is 12.1. The van der Waals surface area contributed by atoms with Crippen molar-refractivity contribution >= 4 is 23.2 Å². The van der Waals surface area contributed by atoms with Gasteiger partial charge in [0.05, 0.1) is 10.6 Å². The number of carbonyl (C=O) groups excluding carboxylic acids is 1. The number of amides is 1. The molecule has 2 unspecified atom stereocenters. The second-order valence-electron chi connectivity index (χ2n) is 5.64. The number of anilines is 1. The summed E-state index contributed by atoms with van der Waals surface area (Å²) in [5.41, 5.74) is 0.994. The third kappa shape index (κ3) is 4.45. The molecule has 1 fully saturated rings. The number of piperidine rings is 1. The molecule has 1 aliphatic heterocycles. The van der Waals surface area contributed by atoms with E-state index in [4.69, 9.17) is 16.9 Å². The van der Waals surface area contributed by atoms with Crippen molar-refractivity contribution in [2.24, 2.45) is 11.8 Å². The summed E-state index contributed by atoms with van der Waals surface area (Å²) in [7, 11) is 0. The zero-order valence-corrected chi connectivity index (χ0v) is 12.9. The number of rotatable bonds is 4. The molecule has 0 aromatic heterocycles. The van der Waals surface area contributed by atoms with Crippen LogP contribution in [0.5, 0.6) is 0 Å². The lowest BCUT2D eigenvalue weighted by Gasteiger charge is -2.28. The van der Waals surface area contributed by atoms with Crippen LogP contribution in [0, 0.1) is 23.2 Å². The van der Waals surface area contributed by atoms with Crippen molar-refractivity contribution in [3.8, 4) is 6.07 Å². The molecular weight excluding hydrogens is 286 g/mol. The predicted octanol–water partition coefficient (Wildman–Crippen LogP) is 3.18. The Hall–Kier alpha value is -1.57. The Morgan fingerprint density at radius 3 is 3.10 bits per heavy atom. The Morgan fingerprint density at radius 2 is 2.43 bits per heavy atom. The van der Waals surface area contributed by atoms with Crippen LogP contribution in [-0.2, 0) is 4.79 Å². The van der Waals surface area contributed by atoms with Crippen molar-refractivity contribution in [1.82, 2.24) is 5.32 Å². The zero-order chi connectivity index (χ0) is 15.2. The summed E-state index contributed by atoms with van der Waals surface area (Å²) in [4.78, 5) is 12.1. The number of halogens is 1. The Bertz CT molecular complexity index is 547. The first-order chi connectivity index (χ1) is 10.1. The fraction of sp³-hybridized carbons (Fsp3) is 0.500. The van der Waals surface area contributed by atoms with Gasteiger partial charge >= 0.3 is 0 Å². The van der Waals surface area contributed by atoms with Crippen LogP contribution < -0.4 is 10.6 Å². The number of nitrogens with one attached hydrogen (secondary N) is 2. The molecule has 4 nitrogen and oxygen atoms in total. The average Bonchev–Trinajstić information content (AvgIpc) is 2.50. The monoisotopic (exact) mass is 305 g/mol. The van der Waals surface area contributed by atoms with Crippen LogP contribution in [0.15, 0.2) is 18.2 Å². The summed E-state index contributed by atoms with van der Waals surface area (Å²) in [5.74, 6) is 0.893. The molecule has 1 aromatic rings. The number of benzene rings is 1. The fourth-order valence-corrected chi connectivity index (χ4v) is 2.88. The molecule has 0 saturated carbocycles. The van der Waals surface area contributed by atoms with Gasteiger partial charge in [-0.1, -0.05) is 18.5 Å². The maximum atomic E-state index is 12.1. The highest BCUT2D eigenvalue weighted by Crippen LogP contribution is 2.24. The van der Waals surface area contributed by atoms with Crippen molar-refractivity contribution in [2.45, 2.75) is 26.2 Å². The first-order valence-electron chi connectivity index (χ1n) is 7.30. The summed E-state index contributed by atoms with van der Waals surface area (Å²) in [5, 5.41) is 15.6. The van der Waals surface area contributed by atoms with E-state index in [-0.39, 0.29) is 5.91 Å². The van der Waals surface area contributed by atoms with Gasteiger partial charge in [-0.05, 0) is 56.0 Å². The first kappa shape index (κ1) is 15.8. The van der Waals surface area contributed by atoms with Gasteiger partial charge in [-0.2, -0.15) is 5.26 Å². The number of nitrogens with zero attached hydrogens (tertiary/aromatic N) is 1. The molecular formula is C16H20ClN3O. The van der Waals surface area contributed by atoms with E-state index >= 15 is 0 Å². The van der Waals surface area contributed by atoms with Gasteiger partial charge in [0.1, 0.15) is 6.07 Å². The molecule has 0 radical (unpaired) electrons. The van der Waals surface area contributed by atoms with E-state index in [1.54, 1.807) is 18.2 Å². The largest absolute Gasteiger partial charge is 0.326 e. The molecule has 112 valence electrons. The molecule has 1 amide bonds. The van der Waals surface area contributed by atoms with E-state index in [2.05, 4.69) is 17.6 Å². The van der Waals surface area contributed by atoms with Crippen molar-refractivity contribution in [3.63, 3.8) is 0 Å². The van der Waals surface area contributed by atoms with Crippen molar-refractivity contribution < 1.29 is 4.79 Å². The van der Waals surface area contributed by atoms with E-state index in [0.717, 1.165) is 13.1 Å². The molecule has 21 heavy (non-hydrogen) atoms. The van der Waals surface area contributed by atoms with Crippen molar-refractivity contribution in [3.05, 3.63) is 28.8 Å². The smallest absolute Gasteiger partial charge is 0.224 e. The standard InChI is InChI=1S/C16H20ClN3O/c1-11(12-3-2-6-19-10-12)7-16(21)20-14-4-5-15(17)13(8-14)9-18/h4-5,8,11-12,19H,2-3,6-7,10H2,1H3,(H,20,21). The van der Waals surface area contributed by atoms with Crippen LogP contribution in [0.4, 0.5) is 5.69 Å². The fourth-order valence-electron chi connectivity index (χ4n) is 2.72. The molecule has 0 spiro atoms. The van der Waals surface area contributed by atoms with E-state index < -0.39 is 0 Å². The Morgan fingerprint density at radius 1 is 1.62 bits per heavy atom. The highest BCUT2D eigenvalue weighted by molar-refractivity contribution is 6.31. The second kappa shape index (κ2) is 7.44. The lowest BCUT2D eigenvalue weighted by Crippen LogP contribution is -2.34. The number of hydrogen-bond donors (Lipinski definition) is 2. The number of nitriles is 1. The molecule has 1 saturated heterocycles. The SMILES string of the molecule is CC(CC(=O)Nc1ccc(Cl)c(C#N)c1)C1CCCNC1. The van der Waals surface area contributed by atoms with Crippen LogP contribution in [0.2, 0.25) is 5.02 Å². The molecule has 2 rings (SSSR count). The van der Waals surface area contributed by atoms with Gasteiger partial charge < -0.3 is 10.6 Å². The summed E-state index contributed by atoms with van der Waals surface area (Å²) < 4.78 is 0. The third-order valence-corrected chi connectivity index (χ3v) is 4.35. The van der Waals surface area contributed by atoms with Gasteiger partial charge in [0.25, 0.3) is 0 Å². The number of carbonyl (C=O) groups is 1. The Balaban J connectivity index is 1.90. The lowest BCUT2D eigenvalue weighted by molar-refractivity contribution is -0.117. The van der Waals surface area contributed by atoms with E-state index in [9.17, 15) is 4.79 Å². The maximum Gasteiger partial charge on any atom is 0.224 e. The minimum Gasteiger partial charge on any atom is -0.326 e. The Kier molecular flexibility index (Phi) is 5.60.